The van der Waals surface area contributed by atoms with Gasteiger partial charge in [0, 0.05) is 6.92 Å². The van der Waals surface area contributed by atoms with Gasteiger partial charge in [0.1, 0.15) is 12.5 Å². The number of esters is 2. The molecule has 0 saturated carbocycles. The maximum absolute atomic E-state index is 11.5. The zero-order valence-electron chi connectivity index (χ0n) is 9.76. The molecule has 1 unspecified atom stereocenters. The lowest BCUT2D eigenvalue weighted by Crippen LogP contribution is -2.63. The molecular formula is C11H15NO5. The van der Waals surface area contributed by atoms with E-state index in [9.17, 15) is 14.4 Å². The van der Waals surface area contributed by atoms with Crippen LogP contribution in [0.2, 0.25) is 0 Å². The summed E-state index contributed by atoms with van der Waals surface area (Å²) in [5, 5.41) is 2.41. The minimum atomic E-state index is -0.744. The number of ether oxygens (including phenoxy) is 2. The van der Waals surface area contributed by atoms with Gasteiger partial charge in [-0.25, -0.2) is 0 Å². The van der Waals surface area contributed by atoms with Gasteiger partial charge in [-0.05, 0) is 0 Å². The molecule has 0 bridgehead atoms. The van der Waals surface area contributed by atoms with Gasteiger partial charge in [0.2, 0.25) is 5.91 Å². The smallest absolute Gasteiger partial charge is 0.310 e. The third-order valence-electron chi connectivity index (χ3n) is 2.46. The summed E-state index contributed by atoms with van der Waals surface area (Å²) in [6.45, 7) is 6.31. The van der Waals surface area contributed by atoms with E-state index < -0.39 is 30.0 Å². The molecular weight excluding hydrogens is 226 g/mol. The van der Waals surface area contributed by atoms with E-state index in [4.69, 9.17) is 9.47 Å². The summed E-state index contributed by atoms with van der Waals surface area (Å²) < 4.78 is 9.68. The average Bonchev–Trinajstić information content (AvgIpc) is 2.24. The maximum atomic E-state index is 11.5. The monoisotopic (exact) mass is 241 g/mol. The van der Waals surface area contributed by atoms with Crippen molar-refractivity contribution in [3.05, 3.63) is 12.7 Å². The van der Waals surface area contributed by atoms with Gasteiger partial charge in [-0.15, -0.1) is 0 Å². The van der Waals surface area contributed by atoms with E-state index in [0.29, 0.717) is 0 Å². The number of carbonyl (C=O) groups excluding carboxylic acids is 3. The fourth-order valence-corrected chi connectivity index (χ4v) is 1.56. The van der Waals surface area contributed by atoms with Gasteiger partial charge in [-0.2, -0.15) is 0 Å². The van der Waals surface area contributed by atoms with Crippen LogP contribution in [-0.4, -0.2) is 30.7 Å². The number of hydrogen-bond acceptors (Lipinski definition) is 5. The highest BCUT2D eigenvalue weighted by Gasteiger charge is 2.48. The number of β-lactam (4-membered cyclic amide) rings is 1. The van der Waals surface area contributed by atoms with Crippen molar-refractivity contribution >= 4 is 17.8 Å². The second-order valence-corrected chi connectivity index (χ2v) is 3.77. The number of rotatable bonds is 5. The van der Waals surface area contributed by atoms with Crippen LogP contribution in [0.5, 0.6) is 0 Å². The molecule has 0 aromatic rings. The first kappa shape index (κ1) is 13.2. The summed E-state index contributed by atoms with van der Waals surface area (Å²) in [5.41, 5.74) is 0. The van der Waals surface area contributed by atoms with Crippen molar-refractivity contribution in [1.29, 1.82) is 0 Å². The molecule has 0 spiro atoms. The van der Waals surface area contributed by atoms with E-state index in [1.54, 1.807) is 6.92 Å². The lowest BCUT2D eigenvalue weighted by Gasteiger charge is -2.37. The van der Waals surface area contributed by atoms with E-state index in [1.165, 1.54) is 13.0 Å². The quantitative estimate of drug-likeness (QED) is 0.416. The molecule has 0 aromatic heterocycles. The largest absolute Gasteiger partial charge is 0.461 e. The van der Waals surface area contributed by atoms with Crippen LogP contribution in [-0.2, 0) is 23.9 Å². The number of nitrogens with one attached hydrogen (secondary N) is 1. The number of hydrogen-bond donors (Lipinski definition) is 1. The van der Waals surface area contributed by atoms with Gasteiger partial charge < -0.3 is 14.8 Å². The predicted octanol–water partition coefficient (Wildman–Crippen LogP) is -0.0131. The van der Waals surface area contributed by atoms with Crippen LogP contribution < -0.4 is 5.32 Å². The van der Waals surface area contributed by atoms with Crippen molar-refractivity contribution in [3.63, 3.8) is 0 Å². The molecule has 0 radical (unpaired) electrons. The molecule has 0 aromatic carbocycles. The van der Waals surface area contributed by atoms with E-state index in [2.05, 4.69) is 11.9 Å². The lowest BCUT2D eigenvalue weighted by molar-refractivity contribution is -0.177. The molecule has 1 heterocycles. The van der Waals surface area contributed by atoms with E-state index in [-0.39, 0.29) is 12.5 Å². The molecule has 94 valence electrons. The van der Waals surface area contributed by atoms with Crippen LogP contribution in [0.25, 0.3) is 0 Å². The Balaban J connectivity index is 2.56. The maximum Gasteiger partial charge on any atom is 0.310 e. The number of amides is 1. The molecule has 3 atom stereocenters. The Labute approximate surface area is 99.0 Å². The third-order valence-corrected chi connectivity index (χ3v) is 2.46. The van der Waals surface area contributed by atoms with Gasteiger partial charge in [-0.1, -0.05) is 19.6 Å². The minimum absolute atomic E-state index is 0.0930. The second-order valence-electron chi connectivity index (χ2n) is 3.77. The normalized spacial score (nSPS) is 24.0. The van der Waals surface area contributed by atoms with Crippen molar-refractivity contribution in [1.82, 2.24) is 5.32 Å². The summed E-state index contributed by atoms with van der Waals surface area (Å²) >= 11 is 0. The molecule has 1 fully saturated rings. The summed E-state index contributed by atoms with van der Waals surface area (Å²) in [4.78, 5) is 33.6. The summed E-state index contributed by atoms with van der Waals surface area (Å²) in [6, 6.07) is 0. The van der Waals surface area contributed by atoms with E-state index >= 15 is 0 Å². The van der Waals surface area contributed by atoms with Gasteiger partial charge >= 0.3 is 11.9 Å². The van der Waals surface area contributed by atoms with Crippen LogP contribution in [0.4, 0.5) is 0 Å². The first-order valence-corrected chi connectivity index (χ1v) is 5.22. The highest BCUT2D eigenvalue weighted by molar-refractivity contribution is 5.90. The standard InChI is InChI=1S/C11H15NO5/c1-4-5-16-11(15)6(2)8-9(14)12-10(8)17-7(3)13/h4,6,8,10H,1,5H2,2-3H3,(H,12,14)/t6?,8-,10-/m1/s1. The summed E-state index contributed by atoms with van der Waals surface area (Å²) in [7, 11) is 0. The van der Waals surface area contributed by atoms with Crippen LogP contribution in [0.15, 0.2) is 12.7 Å². The molecule has 17 heavy (non-hydrogen) atoms. The SMILES string of the molecule is C=CCOC(=O)C(C)[C@@H]1C(=O)N[C@@H]1OC(C)=O. The predicted molar refractivity (Wildman–Crippen MR) is 57.5 cm³/mol. The van der Waals surface area contributed by atoms with Crippen molar-refractivity contribution in [2.75, 3.05) is 6.61 Å². The Kier molecular flexibility index (Phi) is 4.25. The molecule has 6 nitrogen and oxygen atoms in total. The highest BCUT2D eigenvalue weighted by Crippen LogP contribution is 2.26. The van der Waals surface area contributed by atoms with Crippen molar-refractivity contribution in [2.45, 2.75) is 20.1 Å². The molecule has 0 aliphatic carbocycles. The molecule has 1 saturated heterocycles. The minimum Gasteiger partial charge on any atom is -0.461 e. The van der Waals surface area contributed by atoms with Crippen molar-refractivity contribution in [2.24, 2.45) is 11.8 Å². The van der Waals surface area contributed by atoms with Gasteiger partial charge in [-0.3, -0.25) is 14.4 Å². The average molecular weight is 241 g/mol. The Morgan fingerprint density at radius 3 is 2.71 bits per heavy atom. The fourth-order valence-electron chi connectivity index (χ4n) is 1.56. The van der Waals surface area contributed by atoms with Crippen molar-refractivity contribution in [3.8, 4) is 0 Å². The highest BCUT2D eigenvalue weighted by atomic mass is 16.6. The lowest BCUT2D eigenvalue weighted by atomic mass is 9.86. The molecule has 1 aliphatic heterocycles. The molecule has 1 amide bonds. The van der Waals surface area contributed by atoms with Gasteiger partial charge in [0.05, 0.1) is 5.92 Å². The Bertz CT molecular complexity index is 352. The Morgan fingerprint density at radius 1 is 1.59 bits per heavy atom. The third kappa shape index (κ3) is 3.05. The Morgan fingerprint density at radius 2 is 2.24 bits per heavy atom. The first-order chi connectivity index (χ1) is 7.97. The molecule has 1 aliphatic rings. The van der Waals surface area contributed by atoms with Gasteiger partial charge in [0.25, 0.3) is 0 Å². The van der Waals surface area contributed by atoms with E-state index in [1.807, 2.05) is 0 Å². The van der Waals surface area contributed by atoms with Crippen molar-refractivity contribution < 1.29 is 23.9 Å². The first-order valence-electron chi connectivity index (χ1n) is 5.22. The second kappa shape index (κ2) is 5.47. The van der Waals surface area contributed by atoms with Gasteiger partial charge in [0.15, 0.2) is 6.23 Å². The van der Waals surface area contributed by atoms with Crippen LogP contribution in [0.3, 0.4) is 0 Å². The van der Waals surface area contributed by atoms with Crippen LogP contribution >= 0.6 is 0 Å². The topological polar surface area (TPSA) is 81.7 Å². The Hall–Kier alpha value is -1.85. The molecule has 6 heteroatoms. The molecule has 1 N–H and O–H groups in total. The molecule has 1 rings (SSSR count). The van der Waals surface area contributed by atoms with E-state index in [0.717, 1.165) is 0 Å². The summed E-state index contributed by atoms with van der Waals surface area (Å²) in [6.07, 6.45) is 0.695. The zero-order valence-corrected chi connectivity index (χ0v) is 9.76. The summed E-state index contributed by atoms with van der Waals surface area (Å²) in [5.74, 6) is -2.68. The zero-order chi connectivity index (χ0) is 13.0. The van der Waals surface area contributed by atoms with Crippen LogP contribution in [0.1, 0.15) is 13.8 Å². The fraction of sp³-hybridized carbons (Fsp3) is 0.545. The number of carbonyl (C=O) groups is 3. The van der Waals surface area contributed by atoms with Crippen LogP contribution in [0, 0.1) is 11.8 Å².